The Morgan fingerprint density at radius 1 is 1.14 bits per heavy atom. The summed E-state index contributed by atoms with van der Waals surface area (Å²) in [7, 11) is 0. The largest absolute Gasteiger partial charge is 0.302 e. The highest BCUT2D eigenvalue weighted by Gasteiger charge is 2.31. The van der Waals surface area contributed by atoms with Gasteiger partial charge in [-0.05, 0) is 43.0 Å². The van der Waals surface area contributed by atoms with E-state index in [-0.39, 0.29) is 11.8 Å². The van der Waals surface area contributed by atoms with Crippen LogP contribution in [0, 0.1) is 6.92 Å². The van der Waals surface area contributed by atoms with Gasteiger partial charge >= 0.3 is 0 Å². The van der Waals surface area contributed by atoms with E-state index in [0.717, 1.165) is 40.3 Å². The second kappa shape index (κ2) is 12.6. The summed E-state index contributed by atoms with van der Waals surface area (Å²) in [4.78, 5) is 32.8. The summed E-state index contributed by atoms with van der Waals surface area (Å²) in [5.41, 5.74) is 3.20. The molecule has 186 valence electrons. The van der Waals surface area contributed by atoms with Gasteiger partial charge in [0.2, 0.25) is 5.91 Å². The Balaban J connectivity index is 1.17. The van der Waals surface area contributed by atoms with Gasteiger partial charge in [0.1, 0.15) is 4.32 Å². The minimum Gasteiger partial charge on any atom is -0.302 e. The molecule has 2 aromatic carbocycles. The molecule has 0 unspecified atom stereocenters. The molecule has 4 rings (SSSR count). The van der Waals surface area contributed by atoms with Crippen LogP contribution in [0.4, 0.5) is 5.13 Å². The molecular formula is C27H26ClN3O2S3. The van der Waals surface area contributed by atoms with E-state index < -0.39 is 0 Å². The van der Waals surface area contributed by atoms with Crippen LogP contribution in [-0.2, 0) is 16.0 Å². The van der Waals surface area contributed by atoms with Gasteiger partial charge in [0, 0.05) is 35.5 Å². The number of thiazole rings is 1. The van der Waals surface area contributed by atoms with Gasteiger partial charge in [0.15, 0.2) is 5.13 Å². The summed E-state index contributed by atoms with van der Waals surface area (Å²) < 4.78 is 0.590. The summed E-state index contributed by atoms with van der Waals surface area (Å²) in [6, 6.07) is 15.8. The topological polar surface area (TPSA) is 62.3 Å². The fourth-order valence-electron chi connectivity index (χ4n) is 3.70. The number of aryl methyl sites for hydroxylation is 1. The lowest BCUT2D eigenvalue weighted by atomic mass is 10.1. The van der Waals surface area contributed by atoms with E-state index in [9.17, 15) is 9.59 Å². The maximum Gasteiger partial charge on any atom is 0.266 e. The van der Waals surface area contributed by atoms with Crippen molar-refractivity contribution in [2.45, 2.75) is 39.0 Å². The van der Waals surface area contributed by atoms with Crippen molar-refractivity contribution in [1.29, 1.82) is 0 Å². The number of benzene rings is 2. The first-order chi connectivity index (χ1) is 17.4. The monoisotopic (exact) mass is 555 g/mol. The van der Waals surface area contributed by atoms with Crippen LogP contribution >= 0.6 is 46.9 Å². The molecular weight excluding hydrogens is 530 g/mol. The first-order valence-electron chi connectivity index (χ1n) is 11.7. The molecule has 1 aromatic heterocycles. The maximum atomic E-state index is 12.8. The van der Waals surface area contributed by atoms with Crippen molar-refractivity contribution in [2.75, 3.05) is 11.9 Å². The normalized spacial score (nSPS) is 14.6. The number of anilines is 1. The molecule has 3 aromatic rings. The highest BCUT2D eigenvalue weighted by molar-refractivity contribution is 8.26. The van der Waals surface area contributed by atoms with Gasteiger partial charge in [-0.25, -0.2) is 4.98 Å². The van der Waals surface area contributed by atoms with Gasteiger partial charge in [-0.1, -0.05) is 90.0 Å². The summed E-state index contributed by atoms with van der Waals surface area (Å²) in [5, 5.41) is 4.20. The van der Waals surface area contributed by atoms with Crippen LogP contribution in [0.2, 0.25) is 5.02 Å². The Kier molecular flexibility index (Phi) is 9.31. The number of amides is 2. The molecule has 0 atom stereocenters. The smallest absolute Gasteiger partial charge is 0.266 e. The molecule has 2 heterocycles. The molecule has 0 bridgehead atoms. The van der Waals surface area contributed by atoms with Gasteiger partial charge in [-0.3, -0.25) is 14.5 Å². The number of rotatable bonds is 10. The number of aromatic nitrogens is 1. The fourth-order valence-corrected chi connectivity index (χ4v) is 6.06. The second-order valence-corrected chi connectivity index (χ2v) is 11.7. The third kappa shape index (κ3) is 7.26. The molecule has 0 aliphatic carbocycles. The van der Waals surface area contributed by atoms with E-state index in [1.54, 1.807) is 11.1 Å². The lowest BCUT2D eigenvalue weighted by Gasteiger charge is -2.14. The molecule has 2 amide bonds. The third-order valence-electron chi connectivity index (χ3n) is 5.66. The predicted octanol–water partition coefficient (Wildman–Crippen LogP) is 7.10. The van der Waals surface area contributed by atoms with E-state index in [4.69, 9.17) is 23.8 Å². The van der Waals surface area contributed by atoms with Crippen molar-refractivity contribution in [2.24, 2.45) is 0 Å². The van der Waals surface area contributed by atoms with Crippen LogP contribution in [0.3, 0.4) is 0 Å². The lowest BCUT2D eigenvalue weighted by Crippen LogP contribution is -2.29. The van der Waals surface area contributed by atoms with Crippen LogP contribution in [0.15, 0.2) is 59.6 Å². The minimum absolute atomic E-state index is 0.0420. The summed E-state index contributed by atoms with van der Waals surface area (Å²) in [6.07, 6.45) is 7.11. The molecule has 5 nitrogen and oxygen atoms in total. The minimum atomic E-state index is -0.0553. The molecule has 1 fully saturated rings. The number of carbonyl (C=O) groups excluding carboxylic acids is 2. The number of carbonyl (C=O) groups is 2. The maximum absolute atomic E-state index is 12.8. The van der Waals surface area contributed by atoms with Crippen molar-refractivity contribution in [3.8, 4) is 0 Å². The van der Waals surface area contributed by atoms with Gasteiger partial charge < -0.3 is 5.32 Å². The van der Waals surface area contributed by atoms with Crippen molar-refractivity contribution >= 4 is 74.3 Å². The molecule has 36 heavy (non-hydrogen) atoms. The molecule has 9 heteroatoms. The average Bonchev–Trinajstić information content (AvgIpc) is 3.40. The number of thioether (sulfide) groups is 1. The average molecular weight is 556 g/mol. The van der Waals surface area contributed by atoms with Crippen LogP contribution in [0.1, 0.15) is 47.3 Å². The molecule has 0 radical (unpaired) electrons. The second-order valence-electron chi connectivity index (χ2n) is 8.50. The van der Waals surface area contributed by atoms with Crippen LogP contribution in [0.25, 0.3) is 6.08 Å². The molecule has 1 saturated heterocycles. The zero-order chi connectivity index (χ0) is 25.5. The first kappa shape index (κ1) is 26.5. The molecule has 0 spiro atoms. The van der Waals surface area contributed by atoms with Crippen LogP contribution < -0.4 is 5.32 Å². The Morgan fingerprint density at radius 2 is 1.92 bits per heavy atom. The number of unbranched alkanes of at least 4 members (excludes halogenated alkanes) is 2. The van der Waals surface area contributed by atoms with Crippen LogP contribution in [0.5, 0.6) is 0 Å². The Bertz CT molecular complexity index is 1290. The van der Waals surface area contributed by atoms with E-state index in [0.29, 0.717) is 33.7 Å². The standard InChI is InChI=1S/C27H26ClN3O2S3/c1-18-10-12-19(13-11-18)15-23-25(33)31(27(34)36-23)14-6-2-3-9-24(32)30-26-29-17-21(35-26)16-20-7-4-5-8-22(20)28/h4-5,7-8,10-13,15,17H,2-3,6,9,14,16H2,1H3,(H,29,30,32). The number of nitrogens with zero attached hydrogens (tertiary/aromatic N) is 2. The van der Waals surface area contributed by atoms with E-state index in [2.05, 4.69) is 10.3 Å². The highest BCUT2D eigenvalue weighted by atomic mass is 35.5. The zero-order valence-electron chi connectivity index (χ0n) is 19.8. The number of hydrogen-bond donors (Lipinski definition) is 1. The Morgan fingerprint density at radius 3 is 2.69 bits per heavy atom. The van der Waals surface area contributed by atoms with E-state index in [1.807, 2.05) is 61.5 Å². The number of thiocarbonyl (C=S) groups is 1. The molecule has 1 aliphatic heterocycles. The zero-order valence-corrected chi connectivity index (χ0v) is 23.0. The molecule has 1 aliphatic rings. The van der Waals surface area contributed by atoms with Gasteiger partial charge in [0.25, 0.3) is 5.91 Å². The van der Waals surface area contributed by atoms with Gasteiger partial charge in [-0.2, -0.15) is 0 Å². The lowest BCUT2D eigenvalue weighted by molar-refractivity contribution is -0.122. The van der Waals surface area contributed by atoms with Crippen LogP contribution in [-0.4, -0.2) is 32.6 Å². The number of hydrogen-bond acceptors (Lipinski definition) is 6. The van der Waals surface area contributed by atoms with Crippen molar-refractivity contribution in [3.05, 3.63) is 86.2 Å². The number of halogens is 1. The highest BCUT2D eigenvalue weighted by Crippen LogP contribution is 2.33. The molecule has 0 saturated carbocycles. The Labute approximate surface area is 230 Å². The van der Waals surface area contributed by atoms with E-state index in [1.165, 1.54) is 28.7 Å². The summed E-state index contributed by atoms with van der Waals surface area (Å²) >= 11 is 14.5. The molecule has 1 N–H and O–H groups in total. The van der Waals surface area contributed by atoms with E-state index >= 15 is 0 Å². The predicted molar refractivity (Wildman–Crippen MR) is 155 cm³/mol. The first-order valence-corrected chi connectivity index (χ1v) is 14.1. The Hall–Kier alpha value is -2.52. The van der Waals surface area contributed by atoms with Crippen molar-refractivity contribution < 1.29 is 9.59 Å². The number of nitrogens with one attached hydrogen (secondary N) is 1. The summed E-state index contributed by atoms with van der Waals surface area (Å²) in [5.74, 6) is -0.0973. The fraction of sp³-hybridized carbons (Fsp3) is 0.259. The van der Waals surface area contributed by atoms with Crippen molar-refractivity contribution in [1.82, 2.24) is 9.88 Å². The third-order valence-corrected chi connectivity index (χ3v) is 8.32. The van der Waals surface area contributed by atoms with Gasteiger partial charge in [0.05, 0.1) is 4.91 Å². The SMILES string of the molecule is Cc1ccc(C=C2SC(=S)N(CCCCCC(=O)Nc3ncc(Cc4ccccc4Cl)s3)C2=O)cc1. The quantitative estimate of drug-likeness (QED) is 0.164. The van der Waals surface area contributed by atoms with Gasteiger partial charge in [-0.15, -0.1) is 11.3 Å². The van der Waals surface area contributed by atoms with Crippen molar-refractivity contribution in [3.63, 3.8) is 0 Å². The summed E-state index contributed by atoms with van der Waals surface area (Å²) in [6.45, 7) is 2.60.